The van der Waals surface area contributed by atoms with Crippen LogP contribution in [0.2, 0.25) is 0 Å². The first-order valence-electron chi connectivity index (χ1n) is 7.29. The second kappa shape index (κ2) is 4.21. The molecule has 4 rings (SSSR count). The van der Waals surface area contributed by atoms with Crippen molar-refractivity contribution in [2.75, 3.05) is 0 Å². The highest BCUT2D eigenvalue weighted by molar-refractivity contribution is 5.42. The van der Waals surface area contributed by atoms with Crippen molar-refractivity contribution >= 4 is 0 Å². The Balaban J connectivity index is 1.78. The molecule has 1 N–H and O–H groups in total. The van der Waals surface area contributed by atoms with Crippen LogP contribution in [0.15, 0.2) is 60.7 Å². The summed E-state index contributed by atoms with van der Waals surface area (Å²) in [7, 11) is 0. The molecule has 0 aromatic heterocycles. The molecule has 1 heteroatoms. The van der Waals surface area contributed by atoms with Crippen molar-refractivity contribution in [3.8, 4) is 0 Å². The Labute approximate surface area is 114 Å². The lowest BCUT2D eigenvalue weighted by Gasteiger charge is -2.31. The van der Waals surface area contributed by atoms with Gasteiger partial charge in [-0.2, -0.15) is 0 Å². The van der Waals surface area contributed by atoms with Crippen LogP contribution in [0.25, 0.3) is 0 Å². The monoisotopic (exact) mass is 249 g/mol. The summed E-state index contributed by atoms with van der Waals surface area (Å²) >= 11 is 0. The third-order valence-corrected chi connectivity index (χ3v) is 4.87. The molecule has 2 aliphatic rings. The van der Waals surface area contributed by atoms with E-state index < -0.39 is 0 Å². The molecule has 0 radical (unpaired) electrons. The minimum atomic E-state index is 0.209. The van der Waals surface area contributed by atoms with Gasteiger partial charge in [0.2, 0.25) is 0 Å². The number of hydrogen-bond donors (Lipinski definition) is 1. The maximum absolute atomic E-state index is 3.81. The molecule has 2 fully saturated rings. The number of nitrogens with one attached hydrogen (secondary N) is 1. The summed E-state index contributed by atoms with van der Waals surface area (Å²) < 4.78 is 0. The molecule has 1 unspecified atom stereocenters. The molecule has 1 saturated carbocycles. The third-order valence-electron chi connectivity index (χ3n) is 4.87. The first-order chi connectivity index (χ1) is 9.41. The van der Waals surface area contributed by atoms with Crippen LogP contribution in [0.4, 0.5) is 0 Å². The van der Waals surface area contributed by atoms with Gasteiger partial charge in [-0.15, -0.1) is 0 Å². The zero-order valence-corrected chi connectivity index (χ0v) is 11.0. The quantitative estimate of drug-likeness (QED) is 0.803. The fourth-order valence-corrected chi connectivity index (χ4v) is 3.96. The van der Waals surface area contributed by atoms with Crippen molar-refractivity contribution in [3.05, 3.63) is 71.8 Å². The lowest BCUT2D eigenvalue weighted by Crippen LogP contribution is -2.28. The molecule has 3 atom stereocenters. The van der Waals surface area contributed by atoms with Gasteiger partial charge in [0.05, 0.1) is 5.54 Å². The minimum absolute atomic E-state index is 0.209. The van der Waals surface area contributed by atoms with Crippen LogP contribution in [0.5, 0.6) is 0 Å². The van der Waals surface area contributed by atoms with E-state index in [1.165, 1.54) is 30.4 Å². The fourth-order valence-electron chi connectivity index (χ4n) is 3.96. The van der Waals surface area contributed by atoms with Crippen molar-refractivity contribution in [2.24, 2.45) is 0 Å². The Kier molecular flexibility index (Phi) is 2.49. The zero-order chi connectivity index (χ0) is 12.7. The van der Waals surface area contributed by atoms with Gasteiger partial charge in [-0.3, -0.25) is 0 Å². The molecule has 2 aromatic rings. The Morgan fingerprint density at radius 1 is 0.842 bits per heavy atom. The topological polar surface area (TPSA) is 21.9 Å². The van der Waals surface area contributed by atoms with Crippen LogP contribution >= 0.6 is 0 Å². The smallest absolute Gasteiger partial charge is 0.0662 e. The second-order valence-corrected chi connectivity index (χ2v) is 5.83. The molecule has 1 aliphatic carbocycles. The van der Waals surface area contributed by atoms with E-state index >= 15 is 0 Å². The van der Waals surface area contributed by atoms with Crippen molar-refractivity contribution in [1.82, 2.24) is 5.32 Å². The van der Waals surface area contributed by atoms with Crippen LogP contribution in [0.1, 0.15) is 36.3 Å². The average Bonchev–Trinajstić information content (AvgIpc) is 3.25. The largest absolute Gasteiger partial charge is 0.301 e. The fraction of sp³-hybridized carbons (Fsp3) is 0.333. The van der Waals surface area contributed by atoms with Gasteiger partial charge in [0.25, 0.3) is 0 Å². The molecular formula is C18H19N. The van der Waals surface area contributed by atoms with Crippen LogP contribution < -0.4 is 5.32 Å². The minimum Gasteiger partial charge on any atom is -0.301 e. The zero-order valence-electron chi connectivity index (χ0n) is 11.0. The van der Waals surface area contributed by atoms with Gasteiger partial charge in [-0.05, 0) is 24.0 Å². The van der Waals surface area contributed by atoms with Crippen LogP contribution in [0, 0.1) is 0 Å². The van der Waals surface area contributed by atoms with Gasteiger partial charge in [-0.25, -0.2) is 0 Å². The first kappa shape index (κ1) is 11.2. The summed E-state index contributed by atoms with van der Waals surface area (Å²) in [5.41, 5.74) is 3.16. The number of fused-ring (bicyclic) bond motifs is 1. The summed E-state index contributed by atoms with van der Waals surface area (Å²) in [5, 5.41) is 3.81. The van der Waals surface area contributed by atoms with Gasteiger partial charge in [0.15, 0.2) is 0 Å². The molecule has 1 saturated heterocycles. The number of hydrogen-bond acceptors (Lipinski definition) is 1. The Hall–Kier alpha value is -1.60. The lowest BCUT2D eigenvalue weighted by atomic mass is 9.72. The lowest BCUT2D eigenvalue weighted by molar-refractivity contribution is 0.399. The van der Waals surface area contributed by atoms with E-state index in [4.69, 9.17) is 0 Å². The van der Waals surface area contributed by atoms with E-state index in [9.17, 15) is 0 Å². The van der Waals surface area contributed by atoms with Crippen molar-refractivity contribution in [3.63, 3.8) is 0 Å². The number of benzene rings is 2. The molecule has 0 amide bonds. The van der Waals surface area contributed by atoms with Crippen LogP contribution in [-0.2, 0) is 5.54 Å². The Bertz CT molecular complexity index is 563. The van der Waals surface area contributed by atoms with E-state index in [1.807, 2.05) is 0 Å². The van der Waals surface area contributed by atoms with E-state index in [0.29, 0.717) is 12.0 Å². The summed E-state index contributed by atoms with van der Waals surface area (Å²) in [6.45, 7) is 0. The summed E-state index contributed by atoms with van der Waals surface area (Å²) in [4.78, 5) is 0. The van der Waals surface area contributed by atoms with Gasteiger partial charge in [0, 0.05) is 12.0 Å². The van der Waals surface area contributed by atoms with Crippen molar-refractivity contribution < 1.29 is 0 Å². The summed E-state index contributed by atoms with van der Waals surface area (Å²) in [5.74, 6) is 0.620. The Morgan fingerprint density at radius 3 is 2.26 bits per heavy atom. The summed E-state index contributed by atoms with van der Waals surface area (Å²) in [6.07, 6.45) is 3.95. The SMILES string of the molecule is c1ccc([C@H]2CCCC3N[C@@]32c2ccccc2)cc1. The molecule has 0 bridgehead atoms. The van der Waals surface area contributed by atoms with Gasteiger partial charge >= 0.3 is 0 Å². The second-order valence-electron chi connectivity index (χ2n) is 5.83. The van der Waals surface area contributed by atoms with Gasteiger partial charge < -0.3 is 5.32 Å². The molecule has 0 spiro atoms. The maximum atomic E-state index is 3.81. The van der Waals surface area contributed by atoms with E-state index in [-0.39, 0.29) is 5.54 Å². The average molecular weight is 249 g/mol. The van der Waals surface area contributed by atoms with Crippen LogP contribution in [0.3, 0.4) is 0 Å². The number of rotatable bonds is 2. The molecule has 96 valence electrons. The van der Waals surface area contributed by atoms with Gasteiger partial charge in [-0.1, -0.05) is 67.1 Å². The highest BCUT2D eigenvalue weighted by Gasteiger charge is 2.61. The molecule has 1 aliphatic heterocycles. The standard InChI is InChI=1S/C18H19N/c1-3-8-14(9-4-1)16-12-7-13-17-18(16,19-17)15-10-5-2-6-11-15/h1-6,8-11,16-17,19H,7,12-13H2/t16-,17?,18-/m1/s1. The van der Waals surface area contributed by atoms with Crippen LogP contribution in [-0.4, -0.2) is 6.04 Å². The first-order valence-corrected chi connectivity index (χ1v) is 7.29. The Morgan fingerprint density at radius 2 is 1.53 bits per heavy atom. The normalized spacial score (nSPS) is 32.6. The predicted octanol–water partition coefficient (Wildman–Crippen LogP) is 3.82. The van der Waals surface area contributed by atoms with Crippen molar-refractivity contribution in [1.29, 1.82) is 0 Å². The van der Waals surface area contributed by atoms with E-state index in [0.717, 1.165) is 0 Å². The van der Waals surface area contributed by atoms with Gasteiger partial charge in [0.1, 0.15) is 0 Å². The third kappa shape index (κ3) is 1.65. The molecule has 1 heterocycles. The molecule has 1 nitrogen and oxygen atoms in total. The van der Waals surface area contributed by atoms with E-state index in [2.05, 4.69) is 66.0 Å². The van der Waals surface area contributed by atoms with E-state index in [1.54, 1.807) is 0 Å². The highest BCUT2D eigenvalue weighted by Crippen LogP contribution is 2.55. The molecular weight excluding hydrogens is 230 g/mol. The molecule has 2 aromatic carbocycles. The highest BCUT2D eigenvalue weighted by atomic mass is 15.2. The predicted molar refractivity (Wildman–Crippen MR) is 78.1 cm³/mol. The van der Waals surface area contributed by atoms with Crippen molar-refractivity contribution in [2.45, 2.75) is 36.8 Å². The maximum Gasteiger partial charge on any atom is 0.0662 e. The molecule has 19 heavy (non-hydrogen) atoms. The summed E-state index contributed by atoms with van der Waals surface area (Å²) in [6, 6.07) is 22.7.